The van der Waals surface area contributed by atoms with Gasteiger partial charge in [-0.1, -0.05) is 0 Å². The van der Waals surface area contributed by atoms with Crippen molar-refractivity contribution in [1.29, 1.82) is 0 Å². The molecule has 0 aromatic carbocycles. The summed E-state index contributed by atoms with van der Waals surface area (Å²) in [4.78, 5) is 16.0. The third-order valence-corrected chi connectivity index (χ3v) is 4.11. The SMILES string of the molecule is CN1C(=O)CC[C@@H]2[C@H]1CCN2Cc1ccco1. The normalized spacial score (nSPS) is 29.7. The number of hydrogen-bond acceptors (Lipinski definition) is 3. The van der Waals surface area contributed by atoms with E-state index in [1.807, 2.05) is 24.1 Å². The molecule has 1 aromatic heterocycles. The standard InChI is InChI=1S/C13H18N2O2/c1-14-11-6-7-15(9-10-3-2-8-17-10)12(11)4-5-13(14)16/h2-3,8,11-12H,4-7,9H2,1H3/t11-,12-/m1/s1. The molecule has 2 fully saturated rings. The molecule has 1 amide bonds. The number of rotatable bonds is 2. The van der Waals surface area contributed by atoms with Crippen LogP contribution in [0.1, 0.15) is 25.0 Å². The molecule has 0 unspecified atom stereocenters. The maximum absolute atomic E-state index is 11.6. The van der Waals surface area contributed by atoms with E-state index in [4.69, 9.17) is 4.42 Å². The molecule has 0 saturated carbocycles. The first-order valence-electron chi connectivity index (χ1n) is 6.28. The number of hydrogen-bond donors (Lipinski definition) is 0. The molecular formula is C13H18N2O2. The Bertz CT molecular complexity index is 402. The number of furan rings is 1. The molecule has 3 rings (SSSR count). The van der Waals surface area contributed by atoms with E-state index < -0.39 is 0 Å². The third kappa shape index (κ3) is 1.86. The lowest BCUT2D eigenvalue weighted by Crippen LogP contribution is -2.50. The van der Waals surface area contributed by atoms with Crippen molar-refractivity contribution in [2.45, 2.75) is 37.9 Å². The Kier molecular flexibility index (Phi) is 2.67. The monoisotopic (exact) mass is 234 g/mol. The molecule has 92 valence electrons. The van der Waals surface area contributed by atoms with Gasteiger partial charge in [-0.15, -0.1) is 0 Å². The maximum atomic E-state index is 11.6. The summed E-state index contributed by atoms with van der Waals surface area (Å²) in [5.74, 6) is 1.32. The highest BCUT2D eigenvalue weighted by Gasteiger charge is 2.41. The van der Waals surface area contributed by atoms with Gasteiger partial charge >= 0.3 is 0 Å². The number of carbonyl (C=O) groups excluding carboxylic acids is 1. The zero-order valence-corrected chi connectivity index (χ0v) is 10.1. The van der Waals surface area contributed by atoms with Crippen LogP contribution in [-0.2, 0) is 11.3 Å². The van der Waals surface area contributed by atoms with Crippen LogP contribution in [0, 0.1) is 0 Å². The largest absolute Gasteiger partial charge is 0.468 e. The van der Waals surface area contributed by atoms with Gasteiger partial charge in [0.1, 0.15) is 5.76 Å². The van der Waals surface area contributed by atoms with E-state index in [1.165, 1.54) is 0 Å². The minimum atomic E-state index is 0.297. The average Bonchev–Trinajstić information content (AvgIpc) is 2.95. The van der Waals surface area contributed by atoms with Gasteiger partial charge in [0.15, 0.2) is 0 Å². The second-order valence-electron chi connectivity index (χ2n) is 5.02. The second kappa shape index (κ2) is 4.18. The van der Waals surface area contributed by atoms with Gasteiger partial charge in [-0.2, -0.15) is 0 Å². The Labute approximate surface area is 101 Å². The molecule has 0 aliphatic carbocycles. The molecule has 2 atom stereocenters. The van der Waals surface area contributed by atoms with Crippen LogP contribution in [-0.4, -0.2) is 41.4 Å². The Balaban J connectivity index is 1.71. The quantitative estimate of drug-likeness (QED) is 0.777. The summed E-state index contributed by atoms with van der Waals surface area (Å²) in [5, 5.41) is 0. The number of amides is 1. The van der Waals surface area contributed by atoms with E-state index in [9.17, 15) is 4.79 Å². The summed E-state index contributed by atoms with van der Waals surface area (Å²) in [6.45, 7) is 1.93. The topological polar surface area (TPSA) is 36.7 Å². The lowest BCUT2D eigenvalue weighted by Gasteiger charge is -2.37. The summed E-state index contributed by atoms with van der Waals surface area (Å²) >= 11 is 0. The fraction of sp³-hybridized carbons (Fsp3) is 0.615. The van der Waals surface area contributed by atoms with Crippen molar-refractivity contribution in [1.82, 2.24) is 9.80 Å². The lowest BCUT2D eigenvalue weighted by molar-refractivity contribution is -0.135. The van der Waals surface area contributed by atoms with Crippen LogP contribution < -0.4 is 0 Å². The fourth-order valence-electron chi connectivity index (χ4n) is 3.16. The first kappa shape index (κ1) is 10.8. The van der Waals surface area contributed by atoms with E-state index >= 15 is 0 Å². The summed E-state index contributed by atoms with van der Waals surface area (Å²) in [5.41, 5.74) is 0. The molecule has 0 N–H and O–H groups in total. The molecule has 0 spiro atoms. The van der Waals surface area contributed by atoms with Gasteiger partial charge in [0.05, 0.1) is 12.8 Å². The molecule has 0 bridgehead atoms. The minimum absolute atomic E-state index is 0.297. The number of piperidine rings is 1. The van der Waals surface area contributed by atoms with Crippen molar-refractivity contribution in [3.05, 3.63) is 24.2 Å². The van der Waals surface area contributed by atoms with Gasteiger partial charge in [0.2, 0.25) is 5.91 Å². The third-order valence-electron chi connectivity index (χ3n) is 4.11. The summed E-state index contributed by atoms with van der Waals surface area (Å²) in [7, 11) is 1.94. The van der Waals surface area contributed by atoms with E-state index in [0.717, 1.165) is 31.7 Å². The molecular weight excluding hydrogens is 216 g/mol. The van der Waals surface area contributed by atoms with E-state index in [2.05, 4.69) is 4.90 Å². The average molecular weight is 234 g/mol. The molecule has 0 radical (unpaired) electrons. The molecule has 17 heavy (non-hydrogen) atoms. The molecule has 2 aliphatic heterocycles. The zero-order chi connectivity index (χ0) is 11.8. The van der Waals surface area contributed by atoms with E-state index in [-0.39, 0.29) is 0 Å². The van der Waals surface area contributed by atoms with Gasteiger partial charge < -0.3 is 9.32 Å². The van der Waals surface area contributed by atoms with Crippen LogP contribution in [0.4, 0.5) is 0 Å². The van der Waals surface area contributed by atoms with Crippen LogP contribution in [0.3, 0.4) is 0 Å². The summed E-state index contributed by atoms with van der Waals surface area (Å²) in [6.07, 6.45) is 4.49. The van der Waals surface area contributed by atoms with Crippen molar-refractivity contribution in [2.24, 2.45) is 0 Å². The van der Waals surface area contributed by atoms with Crippen LogP contribution in [0.15, 0.2) is 22.8 Å². The Morgan fingerprint density at radius 3 is 3.06 bits per heavy atom. The number of carbonyl (C=O) groups is 1. The van der Waals surface area contributed by atoms with Crippen molar-refractivity contribution in [3.8, 4) is 0 Å². The van der Waals surface area contributed by atoms with Crippen LogP contribution >= 0.6 is 0 Å². The van der Waals surface area contributed by atoms with Crippen LogP contribution in [0.2, 0.25) is 0 Å². The van der Waals surface area contributed by atoms with Crippen molar-refractivity contribution in [2.75, 3.05) is 13.6 Å². The Morgan fingerprint density at radius 2 is 2.29 bits per heavy atom. The lowest BCUT2D eigenvalue weighted by atomic mass is 9.97. The number of likely N-dealkylation sites (tertiary alicyclic amines) is 2. The fourth-order valence-corrected chi connectivity index (χ4v) is 3.16. The number of fused-ring (bicyclic) bond motifs is 1. The van der Waals surface area contributed by atoms with Crippen LogP contribution in [0.25, 0.3) is 0 Å². The highest BCUT2D eigenvalue weighted by Crippen LogP contribution is 2.31. The molecule has 4 heteroatoms. The zero-order valence-electron chi connectivity index (χ0n) is 10.1. The molecule has 3 heterocycles. The highest BCUT2D eigenvalue weighted by atomic mass is 16.3. The van der Waals surface area contributed by atoms with Gasteiger partial charge in [-0.05, 0) is 25.0 Å². The molecule has 1 aromatic rings. The smallest absolute Gasteiger partial charge is 0.222 e. The van der Waals surface area contributed by atoms with E-state index in [1.54, 1.807) is 6.26 Å². The predicted octanol–water partition coefficient (Wildman–Crippen LogP) is 1.47. The van der Waals surface area contributed by atoms with Gasteiger partial charge in [-0.25, -0.2) is 0 Å². The van der Waals surface area contributed by atoms with Crippen molar-refractivity contribution >= 4 is 5.91 Å². The molecule has 4 nitrogen and oxygen atoms in total. The first-order valence-corrected chi connectivity index (χ1v) is 6.28. The molecule has 2 saturated heterocycles. The minimum Gasteiger partial charge on any atom is -0.468 e. The second-order valence-corrected chi connectivity index (χ2v) is 5.02. The van der Waals surface area contributed by atoms with Gasteiger partial charge in [0.25, 0.3) is 0 Å². The Hall–Kier alpha value is -1.29. The van der Waals surface area contributed by atoms with Crippen molar-refractivity contribution < 1.29 is 9.21 Å². The summed E-state index contributed by atoms with van der Waals surface area (Å²) < 4.78 is 5.40. The predicted molar refractivity (Wildman–Crippen MR) is 63.3 cm³/mol. The maximum Gasteiger partial charge on any atom is 0.222 e. The Morgan fingerprint density at radius 1 is 1.41 bits per heavy atom. The summed E-state index contributed by atoms with van der Waals surface area (Å²) in [6, 6.07) is 4.87. The number of likely N-dealkylation sites (N-methyl/N-ethyl adjacent to an activating group) is 1. The van der Waals surface area contributed by atoms with Crippen molar-refractivity contribution in [3.63, 3.8) is 0 Å². The number of nitrogens with zero attached hydrogens (tertiary/aromatic N) is 2. The van der Waals surface area contributed by atoms with E-state index in [0.29, 0.717) is 24.4 Å². The first-order chi connectivity index (χ1) is 8.25. The molecule has 2 aliphatic rings. The highest BCUT2D eigenvalue weighted by molar-refractivity contribution is 5.77. The van der Waals surface area contributed by atoms with Gasteiger partial charge in [0, 0.05) is 32.1 Å². The van der Waals surface area contributed by atoms with Gasteiger partial charge in [-0.3, -0.25) is 9.69 Å². The van der Waals surface area contributed by atoms with Crippen LogP contribution in [0.5, 0.6) is 0 Å².